The Hall–Kier alpha value is -3.24. The van der Waals surface area contributed by atoms with E-state index in [0.29, 0.717) is 23.3 Å². The Kier molecular flexibility index (Phi) is 5.50. The van der Waals surface area contributed by atoms with Gasteiger partial charge in [-0.05, 0) is 60.5 Å². The summed E-state index contributed by atoms with van der Waals surface area (Å²) in [4.78, 5) is 28.2. The molecule has 158 valence electrons. The number of pyridine rings is 1. The molecule has 3 aromatic rings. The van der Waals surface area contributed by atoms with Gasteiger partial charge in [0.25, 0.3) is 15.9 Å². The lowest BCUT2D eigenvalue weighted by Gasteiger charge is -2.18. The first-order valence-electron chi connectivity index (χ1n) is 9.18. The summed E-state index contributed by atoms with van der Waals surface area (Å²) in [5.74, 6) is -1.32. The highest BCUT2D eigenvalue weighted by atomic mass is 79.9. The second-order valence-electron chi connectivity index (χ2n) is 6.79. The molecule has 4 rings (SSSR count). The fourth-order valence-electron chi connectivity index (χ4n) is 3.31. The van der Waals surface area contributed by atoms with Crippen LogP contribution in [-0.2, 0) is 16.4 Å². The van der Waals surface area contributed by atoms with E-state index in [1.165, 1.54) is 40.7 Å². The molecule has 2 N–H and O–H groups in total. The number of nitrogens with zero attached hydrogens (tertiary/aromatic N) is 2. The van der Waals surface area contributed by atoms with Crippen LogP contribution in [0.1, 0.15) is 26.3 Å². The zero-order chi connectivity index (χ0) is 22.2. The van der Waals surface area contributed by atoms with Crippen molar-refractivity contribution in [1.82, 2.24) is 4.98 Å². The number of aromatic carboxylic acids is 1. The number of carboxylic acid groups (broad SMARTS) is 1. The largest absolute Gasteiger partial charge is 0.478 e. The maximum Gasteiger partial charge on any atom is 0.337 e. The van der Waals surface area contributed by atoms with E-state index in [1.807, 2.05) is 6.07 Å². The van der Waals surface area contributed by atoms with Crippen LogP contribution in [0.3, 0.4) is 0 Å². The van der Waals surface area contributed by atoms with Gasteiger partial charge in [0.2, 0.25) is 0 Å². The quantitative estimate of drug-likeness (QED) is 0.552. The lowest BCUT2D eigenvalue weighted by atomic mass is 10.1. The van der Waals surface area contributed by atoms with Gasteiger partial charge in [0, 0.05) is 22.8 Å². The van der Waals surface area contributed by atoms with Crippen LogP contribution in [0.4, 0.5) is 11.5 Å². The molecule has 0 saturated heterocycles. The second-order valence-corrected chi connectivity index (χ2v) is 9.56. The Bertz CT molecular complexity index is 1290. The molecule has 8 nitrogen and oxygen atoms in total. The second kappa shape index (κ2) is 8.12. The highest BCUT2D eigenvalue weighted by Gasteiger charge is 2.31. The molecule has 2 aromatic carbocycles. The van der Waals surface area contributed by atoms with Crippen LogP contribution < -0.4 is 9.62 Å². The van der Waals surface area contributed by atoms with E-state index >= 15 is 0 Å². The van der Waals surface area contributed by atoms with Crippen molar-refractivity contribution in [3.8, 4) is 0 Å². The van der Waals surface area contributed by atoms with Gasteiger partial charge in [-0.1, -0.05) is 22.0 Å². The van der Waals surface area contributed by atoms with Crippen molar-refractivity contribution in [3.63, 3.8) is 0 Å². The third-order valence-corrected chi connectivity index (χ3v) is 7.15. The lowest BCUT2D eigenvalue weighted by Crippen LogP contribution is -2.29. The molecule has 0 atom stereocenters. The normalized spacial score (nSPS) is 13.0. The summed E-state index contributed by atoms with van der Waals surface area (Å²) in [6, 6.07) is 13.6. The van der Waals surface area contributed by atoms with Crippen LogP contribution in [0.15, 0.2) is 70.2 Å². The highest BCUT2D eigenvalue weighted by Crippen LogP contribution is 2.30. The van der Waals surface area contributed by atoms with E-state index in [1.54, 1.807) is 18.3 Å². The molecule has 1 aliphatic heterocycles. The van der Waals surface area contributed by atoms with Gasteiger partial charge < -0.3 is 10.4 Å². The van der Waals surface area contributed by atoms with Crippen molar-refractivity contribution in [2.75, 3.05) is 16.2 Å². The Labute approximate surface area is 186 Å². The van der Waals surface area contributed by atoms with Crippen LogP contribution in [-0.4, -0.2) is 36.9 Å². The SMILES string of the molecule is O=C(Nc1ccc(Br)cc1C(=O)O)c1ccc(S(=O)(=O)N2CCc3cccnc32)cc1. The van der Waals surface area contributed by atoms with E-state index in [9.17, 15) is 23.1 Å². The molecule has 0 spiro atoms. The number of anilines is 2. The van der Waals surface area contributed by atoms with Crippen LogP contribution >= 0.6 is 15.9 Å². The fraction of sp³-hybridized carbons (Fsp3) is 0.0952. The van der Waals surface area contributed by atoms with Crippen molar-refractivity contribution in [2.24, 2.45) is 0 Å². The molecule has 0 aliphatic carbocycles. The van der Waals surface area contributed by atoms with Crippen molar-refractivity contribution in [3.05, 3.63) is 82.0 Å². The summed E-state index contributed by atoms with van der Waals surface area (Å²) in [6.07, 6.45) is 2.13. The maximum absolute atomic E-state index is 13.0. The fourth-order valence-corrected chi connectivity index (χ4v) is 5.13. The number of fused-ring (bicyclic) bond motifs is 1. The molecule has 1 amide bonds. The van der Waals surface area contributed by atoms with Gasteiger partial charge in [-0.15, -0.1) is 0 Å². The molecule has 0 fully saturated rings. The molecule has 0 radical (unpaired) electrons. The first-order valence-corrected chi connectivity index (χ1v) is 11.4. The molecule has 1 aromatic heterocycles. The number of hydrogen-bond donors (Lipinski definition) is 2. The van der Waals surface area contributed by atoms with Crippen LogP contribution in [0.25, 0.3) is 0 Å². The van der Waals surface area contributed by atoms with Gasteiger partial charge in [0.1, 0.15) is 5.82 Å². The van der Waals surface area contributed by atoms with Gasteiger partial charge in [0.05, 0.1) is 16.1 Å². The molecule has 0 unspecified atom stereocenters. The number of amides is 1. The van der Waals surface area contributed by atoms with E-state index in [4.69, 9.17) is 0 Å². The molecule has 10 heteroatoms. The van der Waals surface area contributed by atoms with Gasteiger partial charge in [-0.2, -0.15) is 0 Å². The maximum atomic E-state index is 13.0. The molecule has 2 heterocycles. The van der Waals surface area contributed by atoms with Gasteiger partial charge in [-0.3, -0.25) is 4.79 Å². The minimum atomic E-state index is -3.82. The van der Waals surface area contributed by atoms with Gasteiger partial charge in [-0.25, -0.2) is 22.5 Å². The summed E-state index contributed by atoms with van der Waals surface area (Å²) < 4.78 is 27.9. The monoisotopic (exact) mass is 501 g/mol. The highest BCUT2D eigenvalue weighted by molar-refractivity contribution is 9.10. The van der Waals surface area contributed by atoms with Crippen molar-refractivity contribution in [1.29, 1.82) is 0 Å². The number of nitrogens with one attached hydrogen (secondary N) is 1. The first-order chi connectivity index (χ1) is 14.8. The predicted molar refractivity (Wildman–Crippen MR) is 118 cm³/mol. The van der Waals surface area contributed by atoms with Crippen molar-refractivity contribution < 1.29 is 23.1 Å². The number of carbonyl (C=O) groups excluding carboxylic acids is 1. The molecule has 0 saturated carbocycles. The summed E-state index contributed by atoms with van der Waals surface area (Å²) in [6.45, 7) is 0.304. The number of halogens is 1. The summed E-state index contributed by atoms with van der Waals surface area (Å²) in [7, 11) is -3.82. The van der Waals surface area contributed by atoms with Crippen molar-refractivity contribution in [2.45, 2.75) is 11.3 Å². The Morgan fingerprint density at radius 1 is 1.10 bits per heavy atom. The summed E-state index contributed by atoms with van der Waals surface area (Å²) in [5, 5.41) is 11.9. The smallest absolute Gasteiger partial charge is 0.337 e. The summed E-state index contributed by atoms with van der Waals surface area (Å²) >= 11 is 3.20. The number of benzene rings is 2. The minimum absolute atomic E-state index is 0.0393. The average molecular weight is 502 g/mol. The average Bonchev–Trinajstić information content (AvgIpc) is 3.20. The van der Waals surface area contributed by atoms with Gasteiger partial charge in [0.15, 0.2) is 0 Å². The topological polar surface area (TPSA) is 117 Å². The number of aromatic nitrogens is 1. The number of hydrogen-bond acceptors (Lipinski definition) is 5. The van der Waals surface area contributed by atoms with E-state index < -0.39 is 21.9 Å². The predicted octanol–water partition coefficient (Wildman–Crippen LogP) is 3.55. The number of carboxylic acids is 1. The Morgan fingerprint density at radius 2 is 1.84 bits per heavy atom. The Balaban J connectivity index is 1.56. The summed E-state index contributed by atoms with van der Waals surface area (Å²) in [5.41, 5.74) is 1.13. The number of carbonyl (C=O) groups is 2. The standard InChI is InChI=1S/C21H16BrN3O5S/c22-15-5-8-18(17(12-15)21(27)28)24-20(26)14-3-6-16(7-4-14)31(29,30)25-11-9-13-2-1-10-23-19(13)25/h1-8,10,12H,9,11H2,(H,24,26)(H,27,28). The van der Waals surface area contributed by atoms with Crippen LogP contribution in [0, 0.1) is 0 Å². The van der Waals surface area contributed by atoms with E-state index in [-0.39, 0.29) is 21.7 Å². The molecule has 0 bridgehead atoms. The zero-order valence-corrected chi connectivity index (χ0v) is 18.4. The molecule has 31 heavy (non-hydrogen) atoms. The van der Waals surface area contributed by atoms with E-state index in [2.05, 4.69) is 26.2 Å². The Morgan fingerprint density at radius 3 is 2.55 bits per heavy atom. The van der Waals surface area contributed by atoms with Crippen LogP contribution in [0.2, 0.25) is 0 Å². The number of sulfonamides is 1. The molecule has 1 aliphatic rings. The molecular weight excluding hydrogens is 486 g/mol. The third-order valence-electron chi connectivity index (χ3n) is 4.85. The van der Waals surface area contributed by atoms with Crippen LogP contribution in [0.5, 0.6) is 0 Å². The van der Waals surface area contributed by atoms with Crippen molar-refractivity contribution >= 4 is 49.3 Å². The minimum Gasteiger partial charge on any atom is -0.478 e. The lowest BCUT2D eigenvalue weighted by molar-refractivity contribution is 0.0698. The van der Waals surface area contributed by atoms with E-state index in [0.717, 1.165) is 5.56 Å². The number of rotatable bonds is 5. The zero-order valence-electron chi connectivity index (χ0n) is 15.9. The molecular formula is C21H16BrN3O5S. The first kappa shape index (κ1) is 21.0. The third kappa shape index (κ3) is 4.04. The van der Waals surface area contributed by atoms with Gasteiger partial charge >= 0.3 is 5.97 Å².